The minimum absolute atomic E-state index is 0.307. The predicted octanol–water partition coefficient (Wildman–Crippen LogP) is 4.92. The lowest BCUT2D eigenvalue weighted by Crippen LogP contribution is -2.13. The number of carbonyl (C=O) groups excluding carboxylic acids is 1. The molecule has 0 aliphatic rings. The van der Waals surface area contributed by atoms with Gasteiger partial charge in [0.15, 0.2) is 11.5 Å². The van der Waals surface area contributed by atoms with E-state index in [1.165, 1.54) is 12.1 Å². The number of halogens is 1. The molecule has 4 aromatic rings. The SMILES string of the molecule is COc1ccc(NC(=O)c2cc(C)nc3cc(F)ccc23)cc1OCc1cccnc1. The first-order valence-electron chi connectivity index (χ1n) is 9.61. The summed E-state index contributed by atoms with van der Waals surface area (Å²) in [6, 6.07) is 14.8. The van der Waals surface area contributed by atoms with E-state index in [1.807, 2.05) is 12.1 Å². The number of hydrogen-bond acceptors (Lipinski definition) is 5. The number of pyridine rings is 2. The minimum atomic E-state index is -0.400. The number of fused-ring (bicyclic) bond motifs is 1. The monoisotopic (exact) mass is 417 g/mol. The highest BCUT2D eigenvalue weighted by atomic mass is 19.1. The van der Waals surface area contributed by atoms with Gasteiger partial charge in [-0.15, -0.1) is 0 Å². The molecule has 2 aromatic carbocycles. The Hall–Kier alpha value is -4.00. The van der Waals surface area contributed by atoms with Gasteiger partial charge in [0.2, 0.25) is 0 Å². The standard InChI is InChI=1S/C24H20FN3O3/c1-15-10-20(19-7-5-17(25)11-21(19)27-15)24(29)28-18-6-8-22(30-2)23(12-18)31-14-16-4-3-9-26-13-16/h3-13H,14H2,1-2H3,(H,28,29). The van der Waals surface area contributed by atoms with Crippen LogP contribution in [0.4, 0.5) is 10.1 Å². The molecule has 0 saturated carbocycles. The number of benzene rings is 2. The number of rotatable bonds is 6. The molecular weight excluding hydrogens is 397 g/mol. The van der Waals surface area contributed by atoms with Gasteiger partial charge in [-0.2, -0.15) is 0 Å². The summed E-state index contributed by atoms with van der Waals surface area (Å²) in [7, 11) is 1.55. The van der Waals surface area contributed by atoms with E-state index in [2.05, 4.69) is 15.3 Å². The van der Waals surface area contributed by atoms with Crippen molar-refractivity contribution >= 4 is 22.5 Å². The van der Waals surface area contributed by atoms with Crippen LogP contribution in [0.15, 0.2) is 67.0 Å². The summed E-state index contributed by atoms with van der Waals surface area (Å²) in [5.74, 6) is 0.303. The van der Waals surface area contributed by atoms with Crippen LogP contribution in [0.1, 0.15) is 21.6 Å². The summed E-state index contributed by atoms with van der Waals surface area (Å²) >= 11 is 0. The number of methoxy groups -OCH3 is 1. The van der Waals surface area contributed by atoms with Crippen molar-refractivity contribution in [1.29, 1.82) is 0 Å². The number of aromatic nitrogens is 2. The Morgan fingerprint density at radius 2 is 1.97 bits per heavy atom. The van der Waals surface area contributed by atoms with E-state index >= 15 is 0 Å². The lowest BCUT2D eigenvalue weighted by molar-refractivity contribution is 0.102. The van der Waals surface area contributed by atoms with Gasteiger partial charge in [0.05, 0.1) is 18.2 Å². The van der Waals surface area contributed by atoms with E-state index in [1.54, 1.807) is 56.8 Å². The van der Waals surface area contributed by atoms with Gasteiger partial charge in [-0.25, -0.2) is 4.39 Å². The van der Waals surface area contributed by atoms with Gasteiger partial charge in [-0.3, -0.25) is 14.8 Å². The number of aryl methyl sites for hydroxylation is 1. The van der Waals surface area contributed by atoms with Gasteiger partial charge in [-0.05, 0) is 43.3 Å². The van der Waals surface area contributed by atoms with Crippen molar-refractivity contribution in [2.45, 2.75) is 13.5 Å². The third-order valence-corrected chi connectivity index (χ3v) is 4.68. The van der Waals surface area contributed by atoms with Crippen LogP contribution in [0.5, 0.6) is 11.5 Å². The van der Waals surface area contributed by atoms with E-state index in [-0.39, 0.29) is 5.91 Å². The van der Waals surface area contributed by atoms with Gasteiger partial charge in [0.1, 0.15) is 12.4 Å². The summed E-state index contributed by atoms with van der Waals surface area (Å²) in [5.41, 5.74) is 2.91. The van der Waals surface area contributed by atoms with Crippen molar-refractivity contribution in [3.63, 3.8) is 0 Å². The third-order valence-electron chi connectivity index (χ3n) is 4.68. The molecule has 1 amide bonds. The number of ether oxygens (including phenoxy) is 2. The molecule has 0 spiro atoms. The van der Waals surface area contributed by atoms with E-state index in [0.717, 1.165) is 5.56 Å². The fraction of sp³-hybridized carbons (Fsp3) is 0.125. The zero-order valence-corrected chi connectivity index (χ0v) is 17.1. The van der Waals surface area contributed by atoms with Crippen molar-refractivity contribution < 1.29 is 18.7 Å². The van der Waals surface area contributed by atoms with Gasteiger partial charge < -0.3 is 14.8 Å². The number of nitrogens with zero attached hydrogens (tertiary/aromatic N) is 2. The number of hydrogen-bond donors (Lipinski definition) is 1. The molecule has 0 radical (unpaired) electrons. The molecule has 0 fully saturated rings. The highest BCUT2D eigenvalue weighted by molar-refractivity contribution is 6.12. The van der Waals surface area contributed by atoms with Crippen LogP contribution in [0.3, 0.4) is 0 Å². The zero-order chi connectivity index (χ0) is 21.8. The molecule has 0 atom stereocenters. The molecule has 4 rings (SSSR count). The maximum atomic E-state index is 13.6. The molecule has 0 bridgehead atoms. The minimum Gasteiger partial charge on any atom is -0.493 e. The molecule has 0 aliphatic heterocycles. The van der Waals surface area contributed by atoms with E-state index < -0.39 is 5.82 Å². The smallest absolute Gasteiger partial charge is 0.256 e. The predicted molar refractivity (Wildman–Crippen MR) is 116 cm³/mol. The second kappa shape index (κ2) is 8.79. The molecule has 1 N–H and O–H groups in total. The summed E-state index contributed by atoms with van der Waals surface area (Å²) in [6.45, 7) is 2.07. The van der Waals surface area contributed by atoms with Crippen molar-refractivity contribution in [2.24, 2.45) is 0 Å². The molecule has 6 nitrogen and oxygen atoms in total. The molecule has 0 aliphatic carbocycles. The molecule has 0 unspecified atom stereocenters. The highest BCUT2D eigenvalue weighted by Gasteiger charge is 2.14. The Balaban J connectivity index is 1.59. The zero-order valence-electron chi connectivity index (χ0n) is 17.1. The van der Waals surface area contributed by atoms with Gasteiger partial charge >= 0.3 is 0 Å². The normalized spacial score (nSPS) is 10.7. The summed E-state index contributed by atoms with van der Waals surface area (Å²) in [4.78, 5) is 21.4. The summed E-state index contributed by atoms with van der Waals surface area (Å²) < 4.78 is 24.8. The van der Waals surface area contributed by atoms with E-state index in [0.29, 0.717) is 46.0 Å². The number of carbonyl (C=O) groups is 1. The molecule has 0 saturated heterocycles. The van der Waals surface area contributed by atoms with Crippen molar-refractivity contribution in [3.8, 4) is 11.5 Å². The van der Waals surface area contributed by atoms with Crippen LogP contribution in [0.2, 0.25) is 0 Å². The fourth-order valence-corrected chi connectivity index (χ4v) is 3.23. The topological polar surface area (TPSA) is 73.3 Å². The molecular formula is C24H20FN3O3. The van der Waals surface area contributed by atoms with E-state index in [4.69, 9.17) is 9.47 Å². The fourth-order valence-electron chi connectivity index (χ4n) is 3.23. The number of amides is 1. The Morgan fingerprint density at radius 3 is 2.74 bits per heavy atom. The second-order valence-electron chi connectivity index (χ2n) is 6.94. The van der Waals surface area contributed by atoms with Crippen LogP contribution in [-0.4, -0.2) is 23.0 Å². The Kier molecular flexibility index (Phi) is 5.75. The van der Waals surface area contributed by atoms with E-state index in [9.17, 15) is 9.18 Å². The first kappa shape index (κ1) is 20.3. The van der Waals surface area contributed by atoms with Gasteiger partial charge in [0.25, 0.3) is 5.91 Å². The van der Waals surface area contributed by atoms with Crippen molar-refractivity contribution in [3.05, 3.63) is 89.6 Å². The summed E-state index contributed by atoms with van der Waals surface area (Å²) in [6.07, 6.45) is 3.41. The highest BCUT2D eigenvalue weighted by Crippen LogP contribution is 2.31. The Bertz CT molecular complexity index is 1240. The van der Waals surface area contributed by atoms with Crippen molar-refractivity contribution in [1.82, 2.24) is 9.97 Å². The van der Waals surface area contributed by atoms with Crippen LogP contribution in [0.25, 0.3) is 10.9 Å². The lowest BCUT2D eigenvalue weighted by atomic mass is 10.1. The maximum absolute atomic E-state index is 13.6. The average Bonchev–Trinajstić information content (AvgIpc) is 2.77. The van der Waals surface area contributed by atoms with Crippen LogP contribution in [-0.2, 0) is 6.61 Å². The largest absolute Gasteiger partial charge is 0.493 e. The Labute approximate surface area is 178 Å². The van der Waals surface area contributed by atoms with Crippen molar-refractivity contribution in [2.75, 3.05) is 12.4 Å². The first-order valence-corrected chi connectivity index (χ1v) is 9.61. The molecule has 2 heterocycles. The van der Waals surface area contributed by atoms with Crippen LogP contribution < -0.4 is 14.8 Å². The molecule has 31 heavy (non-hydrogen) atoms. The van der Waals surface area contributed by atoms with Gasteiger partial charge in [-0.1, -0.05) is 6.07 Å². The second-order valence-corrected chi connectivity index (χ2v) is 6.94. The Morgan fingerprint density at radius 1 is 1.10 bits per heavy atom. The molecule has 7 heteroatoms. The van der Waals surface area contributed by atoms with Gasteiger partial charge in [0, 0.05) is 46.9 Å². The maximum Gasteiger partial charge on any atom is 0.256 e. The third kappa shape index (κ3) is 4.61. The van der Waals surface area contributed by atoms with Crippen LogP contribution in [0, 0.1) is 12.7 Å². The molecule has 2 aromatic heterocycles. The summed E-state index contributed by atoms with van der Waals surface area (Å²) in [5, 5.41) is 3.45. The lowest BCUT2D eigenvalue weighted by Gasteiger charge is -2.14. The molecule has 156 valence electrons. The number of anilines is 1. The van der Waals surface area contributed by atoms with Crippen LogP contribution >= 0.6 is 0 Å². The average molecular weight is 417 g/mol. The quantitative estimate of drug-likeness (QED) is 0.482. The number of nitrogens with one attached hydrogen (secondary N) is 1. The first-order chi connectivity index (χ1) is 15.0.